The molecule has 0 aliphatic carbocycles. The SMILES string of the molecule is CCNC(C)CC(=O)NCCCS(C)=O. The van der Waals surface area contributed by atoms with Gasteiger partial charge in [0.2, 0.25) is 5.91 Å². The maximum absolute atomic E-state index is 11.3. The largest absolute Gasteiger partial charge is 0.356 e. The van der Waals surface area contributed by atoms with E-state index in [9.17, 15) is 9.00 Å². The fraction of sp³-hybridized carbons (Fsp3) is 0.900. The Morgan fingerprint density at radius 3 is 2.67 bits per heavy atom. The second-order valence-corrected chi connectivity index (χ2v) is 5.20. The molecule has 0 aromatic carbocycles. The number of carbonyl (C=O) groups is 1. The summed E-state index contributed by atoms with van der Waals surface area (Å²) in [5, 5.41) is 5.99. The van der Waals surface area contributed by atoms with Gasteiger partial charge in [-0.15, -0.1) is 0 Å². The van der Waals surface area contributed by atoms with Gasteiger partial charge in [0.1, 0.15) is 0 Å². The molecule has 4 nitrogen and oxygen atoms in total. The fourth-order valence-corrected chi connectivity index (χ4v) is 1.82. The molecule has 0 saturated heterocycles. The summed E-state index contributed by atoms with van der Waals surface area (Å²) in [6.45, 7) is 5.51. The third kappa shape index (κ3) is 9.87. The van der Waals surface area contributed by atoms with Crippen LogP contribution in [0.15, 0.2) is 0 Å². The van der Waals surface area contributed by atoms with Crippen molar-refractivity contribution in [1.29, 1.82) is 0 Å². The third-order valence-electron chi connectivity index (χ3n) is 1.97. The molecule has 1 amide bonds. The summed E-state index contributed by atoms with van der Waals surface area (Å²) in [5.41, 5.74) is 0. The molecule has 0 fully saturated rings. The summed E-state index contributed by atoms with van der Waals surface area (Å²) in [6.07, 6.45) is 2.96. The Hall–Kier alpha value is -0.420. The van der Waals surface area contributed by atoms with Crippen molar-refractivity contribution in [2.24, 2.45) is 0 Å². The number of hydrogen-bond acceptors (Lipinski definition) is 3. The van der Waals surface area contributed by atoms with E-state index in [1.165, 1.54) is 0 Å². The van der Waals surface area contributed by atoms with Crippen LogP contribution in [0, 0.1) is 0 Å². The Labute approximate surface area is 94.7 Å². The Morgan fingerprint density at radius 1 is 1.47 bits per heavy atom. The molecule has 0 aromatic heterocycles. The van der Waals surface area contributed by atoms with Crippen LogP contribution >= 0.6 is 0 Å². The summed E-state index contributed by atoms with van der Waals surface area (Å²) >= 11 is 0. The summed E-state index contributed by atoms with van der Waals surface area (Å²) in [6, 6.07) is 0.218. The van der Waals surface area contributed by atoms with Gasteiger partial charge in [-0.25, -0.2) is 0 Å². The van der Waals surface area contributed by atoms with E-state index in [0.29, 0.717) is 18.7 Å². The standard InChI is InChI=1S/C10H22N2O2S/c1-4-11-9(2)8-10(13)12-6-5-7-15(3)14/h9,11H,4-8H2,1-3H3,(H,12,13). The fourth-order valence-electron chi connectivity index (χ4n) is 1.27. The second kappa shape index (κ2) is 8.85. The van der Waals surface area contributed by atoms with Crippen molar-refractivity contribution < 1.29 is 9.00 Å². The Bertz CT molecular complexity index is 210. The van der Waals surface area contributed by atoms with Gasteiger partial charge in [-0.3, -0.25) is 9.00 Å². The molecule has 2 unspecified atom stereocenters. The van der Waals surface area contributed by atoms with Crippen LogP contribution in [0.5, 0.6) is 0 Å². The van der Waals surface area contributed by atoms with Crippen molar-refractivity contribution in [3.05, 3.63) is 0 Å². The quantitative estimate of drug-likeness (QED) is 0.592. The minimum Gasteiger partial charge on any atom is -0.356 e. The van der Waals surface area contributed by atoms with Gasteiger partial charge in [-0.2, -0.15) is 0 Å². The molecule has 0 rings (SSSR count). The average molecular weight is 234 g/mol. The topological polar surface area (TPSA) is 58.2 Å². The minimum atomic E-state index is -0.758. The van der Waals surface area contributed by atoms with Crippen molar-refractivity contribution >= 4 is 16.7 Å². The highest BCUT2D eigenvalue weighted by molar-refractivity contribution is 7.84. The van der Waals surface area contributed by atoms with E-state index in [1.807, 2.05) is 13.8 Å². The summed E-state index contributed by atoms with van der Waals surface area (Å²) < 4.78 is 10.7. The molecule has 2 atom stereocenters. The van der Waals surface area contributed by atoms with Crippen LogP contribution in [0.4, 0.5) is 0 Å². The Morgan fingerprint density at radius 2 is 2.13 bits per heavy atom. The van der Waals surface area contributed by atoms with E-state index < -0.39 is 10.8 Å². The molecule has 0 saturated carbocycles. The smallest absolute Gasteiger partial charge is 0.221 e. The van der Waals surface area contributed by atoms with Gasteiger partial charge in [-0.1, -0.05) is 6.92 Å². The number of rotatable bonds is 8. The number of nitrogens with one attached hydrogen (secondary N) is 2. The summed E-state index contributed by atoms with van der Waals surface area (Å²) in [5.74, 6) is 0.716. The van der Waals surface area contributed by atoms with Crippen LogP contribution in [-0.4, -0.2) is 41.3 Å². The molecule has 2 N–H and O–H groups in total. The highest BCUT2D eigenvalue weighted by Gasteiger charge is 2.06. The molecule has 0 aliphatic heterocycles. The maximum Gasteiger partial charge on any atom is 0.221 e. The first kappa shape index (κ1) is 14.6. The van der Waals surface area contributed by atoms with Crippen LogP contribution in [0.2, 0.25) is 0 Å². The number of carbonyl (C=O) groups excluding carboxylic acids is 1. The lowest BCUT2D eigenvalue weighted by Crippen LogP contribution is -2.34. The predicted molar refractivity (Wildman–Crippen MR) is 64.3 cm³/mol. The van der Waals surface area contributed by atoms with Gasteiger partial charge < -0.3 is 10.6 Å². The lowest BCUT2D eigenvalue weighted by atomic mass is 10.2. The van der Waals surface area contributed by atoms with Crippen molar-refractivity contribution in [3.63, 3.8) is 0 Å². The monoisotopic (exact) mass is 234 g/mol. The molecule has 15 heavy (non-hydrogen) atoms. The molecular formula is C10H22N2O2S. The van der Waals surface area contributed by atoms with Gasteiger partial charge in [0, 0.05) is 41.8 Å². The van der Waals surface area contributed by atoms with E-state index in [-0.39, 0.29) is 11.9 Å². The van der Waals surface area contributed by atoms with E-state index >= 15 is 0 Å². The van der Waals surface area contributed by atoms with Crippen molar-refractivity contribution in [2.75, 3.05) is 25.1 Å². The average Bonchev–Trinajstić information content (AvgIpc) is 2.12. The third-order valence-corrected chi connectivity index (χ3v) is 2.84. The molecule has 0 spiro atoms. The number of hydrogen-bond donors (Lipinski definition) is 2. The first-order chi connectivity index (χ1) is 7.06. The Kier molecular flexibility index (Phi) is 8.61. The van der Waals surface area contributed by atoms with E-state index in [0.717, 1.165) is 13.0 Å². The van der Waals surface area contributed by atoms with Gasteiger partial charge in [0.15, 0.2) is 0 Å². The molecule has 0 aromatic rings. The molecule has 0 heterocycles. The molecule has 90 valence electrons. The van der Waals surface area contributed by atoms with Crippen LogP contribution in [0.3, 0.4) is 0 Å². The van der Waals surface area contributed by atoms with E-state index in [2.05, 4.69) is 10.6 Å². The molecular weight excluding hydrogens is 212 g/mol. The highest BCUT2D eigenvalue weighted by atomic mass is 32.2. The van der Waals surface area contributed by atoms with Crippen LogP contribution in [0.1, 0.15) is 26.7 Å². The lowest BCUT2D eigenvalue weighted by Gasteiger charge is -2.11. The molecule has 0 radical (unpaired) electrons. The first-order valence-corrected chi connectivity index (χ1v) is 7.09. The van der Waals surface area contributed by atoms with Crippen LogP contribution in [-0.2, 0) is 15.6 Å². The van der Waals surface area contributed by atoms with Gasteiger partial charge in [-0.05, 0) is 19.9 Å². The maximum atomic E-state index is 11.3. The van der Waals surface area contributed by atoms with Gasteiger partial charge in [0.05, 0.1) is 0 Å². The van der Waals surface area contributed by atoms with Crippen LogP contribution < -0.4 is 10.6 Å². The van der Waals surface area contributed by atoms with E-state index in [1.54, 1.807) is 6.26 Å². The molecule has 0 bridgehead atoms. The van der Waals surface area contributed by atoms with Crippen molar-refractivity contribution in [2.45, 2.75) is 32.7 Å². The summed E-state index contributed by atoms with van der Waals surface area (Å²) in [7, 11) is -0.758. The zero-order chi connectivity index (χ0) is 11.7. The van der Waals surface area contributed by atoms with Crippen molar-refractivity contribution in [3.8, 4) is 0 Å². The zero-order valence-corrected chi connectivity index (χ0v) is 10.7. The molecule has 0 aliphatic rings. The van der Waals surface area contributed by atoms with Gasteiger partial charge >= 0.3 is 0 Å². The lowest BCUT2D eigenvalue weighted by molar-refractivity contribution is -0.121. The second-order valence-electron chi connectivity index (χ2n) is 3.64. The van der Waals surface area contributed by atoms with E-state index in [4.69, 9.17) is 0 Å². The predicted octanol–water partition coefficient (Wildman–Crippen LogP) is 0.259. The normalized spacial score (nSPS) is 14.6. The molecule has 5 heteroatoms. The Balaban J connectivity index is 3.44. The number of amides is 1. The minimum absolute atomic E-state index is 0.0605. The summed E-state index contributed by atoms with van der Waals surface area (Å²) in [4.78, 5) is 11.3. The van der Waals surface area contributed by atoms with Crippen molar-refractivity contribution in [1.82, 2.24) is 10.6 Å². The van der Waals surface area contributed by atoms with Crippen LogP contribution in [0.25, 0.3) is 0 Å². The highest BCUT2D eigenvalue weighted by Crippen LogP contribution is 1.90. The zero-order valence-electron chi connectivity index (χ0n) is 9.84. The van der Waals surface area contributed by atoms with Gasteiger partial charge in [0.25, 0.3) is 0 Å². The first-order valence-electron chi connectivity index (χ1n) is 5.36.